The van der Waals surface area contributed by atoms with Crippen LogP contribution < -0.4 is 5.56 Å². The SMILES string of the molecule is O=c1cc(-c2cccc(Cl)c2)c2ccccc2n1C(O)(c1cccnc1)c1cccnc1. The van der Waals surface area contributed by atoms with Crippen LogP contribution in [0.2, 0.25) is 5.02 Å². The standard InChI is InChI=1S/C26H18ClN3O2/c27-21-9-3-6-18(14-21)23-15-25(31)30(24-11-2-1-10-22(23)24)26(32,19-7-4-12-28-16-19)20-8-5-13-29-17-20/h1-17,32H. The number of aliphatic hydroxyl groups is 1. The molecule has 0 atom stereocenters. The lowest BCUT2D eigenvalue weighted by molar-refractivity contribution is 0.0491. The highest BCUT2D eigenvalue weighted by atomic mass is 35.5. The van der Waals surface area contributed by atoms with Crippen molar-refractivity contribution < 1.29 is 5.11 Å². The zero-order valence-electron chi connectivity index (χ0n) is 16.9. The van der Waals surface area contributed by atoms with Gasteiger partial charge in [0.2, 0.25) is 5.72 Å². The van der Waals surface area contributed by atoms with Crippen LogP contribution in [0.4, 0.5) is 0 Å². The van der Waals surface area contributed by atoms with Gasteiger partial charge in [-0.05, 0) is 41.5 Å². The van der Waals surface area contributed by atoms with Gasteiger partial charge < -0.3 is 5.11 Å². The average molecular weight is 440 g/mol. The molecule has 0 spiro atoms. The van der Waals surface area contributed by atoms with Gasteiger partial charge in [0.25, 0.3) is 5.56 Å². The number of halogens is 1. The normalized spacial score (nSPS) is 11.6. The van der Waals surface area contributed by atoms with Crippen molar-refractivity contribution in [1.82, 2.24) is 14.5 Å². The smallest absolute Gasteiger partial charge is 0.254 e. The minimum absolute atomic E-state index is 0.367. The van der Waals surface area contributed by atoms with E-state index in [1.165, 1.54) is 10.6 Å². The van der Waals surface area contributed by atoms with Crippen LogP contribution in [0.25, 0.3) is 22.0 Å². The summed E-state index contributed by atoms with van der Waals surface area (Å²) >= 11 is 6.21. The zero-order valence-corrected chi connectivity index (χ0v) is 17.6. The number of para-hydroxylation sites is 1. The molecule has 156 valence electrons. The van der Waals surface area contributed by atoms with Gasteiger partial charge in [0.05, 0.1) is 5.52 Å². The molecule has 2 aromatic carbocycles. The molecule has 0 amide bonds. The van der Waals surface area contributed by atoms with Gasteiger partial charge in [-0.3, -0.25) is 19.3 Å². The van der Waals surface area contributed by atoms with Crippen molar-refractivity contribution in [3.8, 4) is 11.1 Å². The molecule has 0 aliphatic heterocycles. The van der Waals surface area contributed by atoms with E-state index in [1.807, 2.05) is 42.5 Å². The Hall–Kier alpha value is -3.80. The van der Waals surface area contributed by atoms with Gasteiger partial charge in [0.1, 0.15) is 0 Å². The van der Waals surface area contributed by atoms with Crippen LogP contribution in [0.1, 0.15) is 11.1 Å². The second-order valence-electron chi connectivity index (χ2n) is 7.41. The third-order valence-corrected chi connectivity index (χ3v) is 5.75. The quantitative estimate of drug-likeness (QED) is 0.434. The molecule has 5 aromatic rings. The van der Waals surface area contributed by atoms with E-state index >= 15 is 0 Å². The summed E-state index contributed by atoms with van der Waals surface area (Å²) in [5.74, 6) is 0. The fourth-order valence-electron chi connectivity index (χ4n) is 4.07. The first-order valence-corrected chi connectivity index (χ1v) is 10.4. The van der Waals surface area contributed by atoms with Gasteiger partial charge in [0.15, 0.2) is 0 Å². The largest absolute Gasteiger partial charge is 0.363 e. The van der Waals surface area contributed by atoms with Gasteiger partial charge >= 0.3 is 0 Å². The number of fused-ring (bicyclic) bond motifs is 1. The topological polar surface area (TPSA) is 68.0 Å². The Morgan fingerprint density at radius 3 is 2.12 bits per heavy atom. The van der Waals surface area contributed by atoms with Crippen LogP contribution in [0.15, 0.2) is 108 Å². The number of hydrogen-bond acceptors (Lipinski definition) is 4. The van der Waals surface area contributed by atoms with Crippen molar-refractivity contribution in [2.45, 2.75) is 5.72 Å². The van der Waals surface area contributed by atoms with Gasteiger partial charge in [-0.2, -0.15) is 0 Å². The summed E-state index contributed by atoms with van der Waals surface area (Å²) in [4.78, 5) is 22.0. The molecule has 0 bridgehead atoms. The minimum atomic E-state index is -1.81. The van der Waals surface area contributed by atoms with Crippen molar-refractivity contribution in [3.05, 3.63) is 130 Å². The van der Waals surface area contributed by atoms with Crippen molar-refractivity contribution >= 4 is 22.5 Å². The molecule has 0 saturated carbocycles. The molecule has 0 saturated heterocycles. The van der Waals surface area contributed by atoms with E-state index in [-0.39, 0.29) is 5.56 Å². The molecule has 3 heterocycles. The van der Waals surface area contributed by atoms with E-state index in [4.69, 9.17) is 11.6 Å². The average Bonchev–Trinajstić information content (AvgIpc) is 2.84. The maximum absolute atomic E-state index is 13.6. The summed E-state index contributed by atoms with van der Waals surface area (Å²) in [5.41, 5.74) is 0.866. The van der Waals surface area contributed by atoms with Crippen LogP contribution >= 0.6 is 11.6 Å². The number of rotatable bonds is 4. The van der Waals surface area contributed by atoms with E-state index in [0.717, 1.165) is 16.5 Å². The second kappa shape index (κ2) is 8.04. The summed E-state index contributed by atoms with van der Waals surface area (Å²) in [7, 11) is 0. The summed E-state index contributed by atoms with van der Waals surface area (Å²) in [6.07, 6.45) is 6.35. The molecular weight excluding hydrogens is 422 g/mol. The summed E-state index contributed by atoms with van der Waals surface area (Å²) < 4.78 is 1.39. The maximum atomic E-state index is 13.6. The number of aromatic nitrogens is 3. The van der Waals surface area contributed by atoms with Crippen molar-refractivity contribution in [2.24, 2.45) is 0 Å². The lowest BCUT2D eigenvalue weighted by Crippen LogP contribution is -2.43. The first-order valence-electron chi connectivity index (χ1n) is 10.0. The monoisotopic (exact) mass is 439 g/mol. The highest BCUT2D eigenvalue weighted by Gasteiger charge is 2.37. The lowest BCUT2D eigenvalue weighted by Gasteiger charge is -2.32. The van der Waals surface area contributed by atoms with Crippen LogP contribution in [-0.2, 0) is 5.72 Å². The van der Waals surface area contributed by atoms with Gasteiger partial charge in [-0.15, -0.1) is 0 Å². The van der Waals surface area contributed by atoms with Crippen molar-refractivity contribution in [1.29, 1.82) is 0 Å². The third kappa shape index (κ3) is 3.28. The fraction of sp³-hybridized carbons (Fsp3) is 0.0385. The maximum Gasteiger partial charge on any atom is 0.254 e. The molecule has 0 aliphatic carbocycles. The Balaban J connectivity index is 1.89. The van der Waals surface area contributed by atoms with E-state index in [0.29, 0.717) is 21.7 Å². The molecule has 1 N–H and O–H groups in total. The number of pyridine rings is 3. The first kappa shape index (κ1) is 20.1. The highest BCUT2D eigenvalue weighted by molar-refractivity contribution is 6.30. The minimum Gasteiger partial charge on any atom is -0.363 e. The van der Waals surface area contributed by atoms with Crippen LogP contribution in [0.3, 0.4) is 0 Å². The number of benzene rings is 2. The molecule has 6 heteroatoms. The molecule has 32 heavy (non-hydrogen) atoms. The van der Waals surface area contributed by atoms with Gasteiger partial charge in [-0.1, -0.05) is 54.1 Å². The van der Waals surface area contributed by atoms with E-state index in [2.05, 4.69) is 9.97 Å². The Bertz CT molecular complexity index is 1430. The summed E-state index contributed by atoms with van der Waals surface area (Å²) in [6, 6.07) is 23.3. The van der Waals surface area contributed by atoms with E-state index in [9.17, 15) is 9.90 Å². The Morgan fingerprint density at radius 2 is 1.50 bits per heavy atom. The molecule has 5 nitrogen and oxygen atoms in total. The number of nitrogens with zero attached hydrogens (tertiary/aromatic N) is 3. The van der Waals surface area contributed by atoms with Crippen LogP contribution in [0, 0.1) is 0 Å². The van der Waals surface area contributed by atoms with Crippen molar-refractivity contribution in [3.63, 3.8) is 0 Å². The van der Waals surface area contributed by atoms with Crippen LogP contribution in [0.5, 0.6) is 0 Å². The van der Waals surface area contributed by atoms with Gasteiger partial charge in [-0.25, -0.2) is 0 Å². The molecule has 0 radical (unpaired) electrons. The van der Waals surface area contributed by atoms with E-state index < -0.39 is 5.72 Å². The zero-order chi connectivity index (χ0) is 22.1. The number of hydrogen-bond donors (Lipinski definition) is 1. The predicted molar refractivity (Wildman–Crippen MR) is 126 cm³/mol. The highest BCUT2D eigenvalue weighted by Crippen LogP contribution is 2.35. The first-order chi connectivity index (χ1) is 15.6. The Morgan fingerprint density at radius 1 is 0.812 bits per heavy atom. The third-order valence-electron chi connectivity index (χ3n) is 5.51. The summed E-state index contributed by atoms with van der Waals surface area (Å²) in [5, 5.41) is 13.6. The summed E-state index contributed by atoms with van der Waals surface area (Å²) in [6.45, 7) is 0. The Labute approximate surface area is 189 Å². The van der Waals surface area contributed by atoms with Crippen molar-refractivity contribution in [2.75, 3.05) is 0 Å². The van der Waals surface area contributed by atoms with Crippen LogP contribution in [-0.4, -0.2) is 19.6 Å². The van der Waals surface area contributed by atoms with Gasteiger partial charge in [0, 0.05) is 52.4 Å². The molecule has 0 unspecified atom stereocenters. The lowest BCUT2D eigenvalue weighted by atomic mass is 9.94. The molecule has 5 rings (SSSR count). The molecule has 0 fully saturated rings. The van der Waals surface area contributed by atoms with E-state index in [1.54, 1.807) is 55.1 Å². The Kier molecular flexibility index (Phi) is 5.05. The predicted octanol–water partition coefficient (Wildman–Crippen LogP) is 4.85. The molecule has 0 aliphatic rings. The molecular formula is C26H18ClN3O2. The second-order valence-corrected chi connectivity index (χ2v) is 7.85. The fourth-order valence-corrected chi connectivity index (χ4v) is 4.26. The molecule has 3 aromatic heterocycles.